The SMILES string of the molecule is CC(C)(c1ccc2c(c1)CN(c1ccc(F)cc1F)CO2)c1ccc2c(c1)CN(c1ccc(F)cc1F)CO2.FC(F)(F)C(c1ccc2c(c1)CN(c1ccccc1)CO2)(c1ccc2c(c1)CN(c1ccccc1)CO2)C(F)(F)F.Fc1ccc(N2COc3ccc(C(c4ccc5c(c4)CN(c4ccc(F)cc4F)CO5)(C(F)(F)F)C(F)(F)F)cc3C2)c(F)c1. The number of ether oxygens (including phenoxy) is 6. The van der Waals surface area contributed by atoms with E-state index >= 15 is 0 Å². The van der Waals surface area contributed by atoms with Gasteiger partial charge < -0.3 is 57.8 Å². The summed E-state index contributed by atoms with van der Waals surface area (Å²) in [6, 6.07) is 53.0. The standard InChI is InChI=1S/C31H20F10N2O2.C31H24F6N2O2.C31H26F4N2O2/c32-21-3-5-25(23(34)11-21)42-13-17-9-19(1-7-27(17)44-15-42)29(30(36,37)38,31(39,40)41)20-2-8-28-18(10-20)14-43(16-45-28)26-6-4-22(33)12-24(26)35;32-30(33,34)29(31(35,36)37,23-11-13-27-21(15-23)17-38(19-40-27)25-7-3-1-4-8-25)24-12-14-28-22(16-24)18-39(20-41-28)26-9-5-2-6-10-26;1-31(2,21-3-9-29-19(11-21)15-36(17-38-29)27-7-5-23(32)13-25(27)34)22-4-10-30-20(12-22)16-37(18-39-30)28-8-6-24(33)14-26(28)35/h1-12H,13-16H2;1-16H,17-20H2;3-14H,15-18H2,1-2H3. The normalized spacial score (nSPS) is 15.2. The second kappa shape index (κ2) is 33.2. The molecule has 6 aliphatic heterocycles. The van der Waals surface area contributed by atoms with E-state index in [9.17, 15) is 87.8 Å². The van der Waals surface area contributed by atoms with E-state index in [1.54, 1.807) is 68.1 Å². The fourth-order valence-electron chi connectivity index (χ4n) is 16.5. The Kier molecular flexibility index (Phi) is 22.7. The van der Waals surface area contributed by atoms with Crippen molar-refractivity contribution in [2.45, 2.75) is 94.1 Å². The fraction of sp³-hybridized carbons (Fsp3) is 0.226. The third-order valence-electron chi connectivity index (χ3n) is 22.9. The summed E-state index contributed by atoms with van der Waals surface area (Å²) in [5, 5.41) is 0. The van der Waals surface area contributed by atoms with Crippen LogP contribution in [-0.2, 0) is 55.5 Å². The zero-order valence-corrected chi connectivity index (χ0v) is 65.8. The number of halogens is 20. The number of hydrogen-bond donors (Lipinski definition) is 0. The molecule has 32 heteroatoms. The summed E-state index contributed by atoms with van der Waals surface area (Å²) < 4.78 is 325. The fourth-order valence-corrected chi connectivity index (χ4v) is 16.5. The second-order valence-corrected chi connectivity index (χ2v) is 30.9. The van der Waals surface area contributed by atoms with Crippen LogP contribution in [0.25, 0.3) is 0 Å². The van der Waals surface area contributed by atoms with Gasteiger partial charge in [0.2, 0.25) is 10.8 Å². The molecule has 0 saturated heterocycles. The van der Waals surface area contributed by atoms with Crippen molar-refractivity contribution >= 4 is 34.1 Å². The van der Waals surface area contributed by atoms with Gasteiger partial charge in [0.25, 0.3) is 0 Å². The Morgan fingerprint density at radius 3 is 0.640 bits per heavy atom. The monoisotopic (exact) mass is 1750 g/mol. The Morgan fingerprint density at radius 2 is 0.424 bits per heavy atom. The molecule has 0 radical (unpaired) electrons. The van der Waals surface area contributed by atoms with Crippen LogP contribution in [0.4, 0.5) is 122 Å². The number of alkyl halides is 12. The number of nitrogens with zero attached hydrogens (tertiary/aromatic N) is 6. The average Bonchev–Trinajstić information content (AvgIpc) is 0.710. The third-order valence-corrected chi connectivity index (χ3v) is 22.9. The Balaban J connectivity index is 0.000000139. The van der Waals surface area contributed by atoms with E-state index in [-0.39, 0.29) is 135 Å². The largest absolute Gasteiger partial charge is 0.473 e. The maximum atomic E-state index is 15.0. The molecule has 125 heavy (non-hydrogen) atoms. The van der Waals surface area contributed by atoms with Crippen molar-refractivity contribution in [3.05, 3.63) is 356 Å². The molecule has 0 aliphatic carbocycles. The summed E-state index contributed by atoms with van der Waals surface area (Å²) >= 11 is 0. The number of rotatable bonds is 12. The van der Waals surface area contributed by atoms with E-state index in [4.69, 9.17) is 28.4 Å². The van der Waals surface area contributed by atoms with Gasteiger partial charge in [-0.25, -0.2) is 35.1 Å². The Morgan fingerprint density at radius 1 is 0.224 bits per heavy atom. The summed E-state index contributed by atoms with van der Waals surface area (Å²) in [7, 11) is 0. The van der Waals surface area contributed by atoms with Crippen molar-refractivity contribution in [3.63, 3.8) is 0 Å². The maximum absolute atomic E-state index is 15.0. The lowest BCUT2D eigenvalue weighted by molar-refractivity contribution is -0.290. The van der Waals surface area contributed by atoms with Gasteiger partial charge in [0, 0.05) is 114 Å². The minimum Gasteiger partial charge on any atom is -0.473 e. The highest BCUT2D eigenvalue weighted by Gasteiger charge is 2.74. The van der Waals surface area contributed by atoms with Crippen LogP contribution >= 0.6 is 0 Å². The van der Waals surface area contributed by atoms with Gasteiger partial charge in [-0.15, -0.1) is 0 Å². The molecule has 0 unspecified atom stereocenters. The van der Waals surface area contributed by atoms with Gasteiger partial charge in [0.1, 0.15) is 81.0 Å². The molecule has 0 N–H and O–H groups in total. The van der Waals surface area contributed by atoms with Crippen LogP contribution < -0.4 is 57.8 Å². The Bertz CT molecular complexity index is 5680. The lowest BCUT2D eigenvalue weighted by Gasteiger charge is -2.40. The van der Waals surface area contributed by atoms with Gasteiger partial charge in [0.15, 0.2) is 40.4 Å². The van der Waals surface area contributed by atoms with Gasteiger partial charge in [-0.1, -0.05) is 86.6 Å². The van der Waals surface area contributed by atoms with Crippen molar-refractivity contribution in [2.24, 2.45) is 0 Å². The van der Waals surface area contributed by atoms with E-state index in [0.29, 0.717) is 49.5 Å². The molecule has 6 aliphatic rings. The summed E-state index contributed by atoms with van der Waals surface area (Å²) in [5.41, 5.74) is -7.63. The number of benzene rings is 12. The van der Waals surface area contributed by atoms with Gasteiger partial charge in [0.05, 0.1) is 22.7 Å². The van der Waals surface area contributed by atoms with Crippen LogP contribution in [0.5, 0.6) is 34.5 Å². The highest BCUT2D eigenvalue weighted by molar-refractivity contribution is 5.62. The number of fused-ring (bicyclic) bond motifs is 6. The van der Waals surface area contributed by atoms with Crippen LogP contribution in [0.2, 0.25) is 0 Å². The number of hydrogen-bond acceptors (Lipinski definition) is 12. The predicted octanol–water partition coefficient (Wildman–Crippen LogP) is 23.5. The van der Waals surface area contributed by atoms with Crippen molar-refractivity contribution in [1.82, 2.24) is 0 Å². The first kappa shape index (κ1) is 85.4. The smallest absolute Gasteiger partial charge is 0.411 e. The molecule has 12 nitrogen and oxygen atoms in total. The maximum Gasteiger partial charge on any atom is 0.411 e. The van der Waals surface area contributed by atoms with Gasteiger partial charge in [-0.3, -0.25) is 0 Å². The van der Waals surface area contributed by atoms with Gasteiger partial charge in [-0.2, -0.15) is 52.7 Å². The molecule has 0 bridgehead atoms. The Labute approximate surface area is 701 Å². The van der Waals surface area contributed by atoms with E-state index in [1.165, 1.54) is 46.2 Å². The minimum absolute atomic E-state index is 0.00780. The molecule has 0 amide bonds. The van der Waals surface area contributed by atoms with Crippen LogP contribution in [0, 0.1) is 46.5 Å². The number of anilines is 6. The van der Waals surface area contributed by atoms with Crippen molar-refractivity contribution in [3.8, 4) is 34.5 Å². The molecule has 0 atom stereocenters. The molecule has 6 heterocycles. The Hall–Kier alpha value is -13.2. The van der Waals surface area contributed by atoms with E-state index in [2.05, 4.69) is 26.0 Å². The first-order valence-corrected chi connectivity index (χ1v) is 38.7. The van der Waals surface area contributed by atoms with E-state index in [0.717, 1.165) is 118 Å². The zero-order chi connectivity index (χ0) is 88.5. The van der Waals surface area contributed by atoms with Crippen molar-refractivity contribution < 1.29 is 116 Å². The van der Waals surface area contributed by atoms with Crippen molar-refractivity contribution in [2.75, 3.05) is 69.8 Å². The van der Waals surface area contributed by atoms with Crippen LogP contribution in [-0.4, -0.2) is 65.1 Å². The molecular formula is C93H70F20N6O6. The summed E-state index contributed by atoms with van der Waals surface area (Å²) in [6.45, 7) is 4.50. The molecule has 12 aromatic rings. The molecule has 0 fully saturated rings. The molecule has 648 valence electrons. The van der Waals surface area contributed by atoms with Gasteiger partial charge in [-0.05, 0) is 179 Å². The second-order valence-electron chi connectivity index (χ2n) is 30.9. The highest BCUT2D eigenvalue weighted by Crippen LogP contribution is 2.60. The van der Waals surface area contributed by atoms with E-state index < -0.39 is 110 Å². The summed E-state index contributed by atoms with van der Waals surface area (Å²) in [4.78, 5) is 9.33. The molecular weight excluding hydrogens is 1680 g/mol. The zero-order valence-electron chi connectivity index (χ0n) is 65.8. The lowest BCUT2D eigenvalue weighted by Crippen LogP contribution is -2.55. The average molecular weight is 1750 g/mol. The topological polar surface area (TPSA) is 74.8 Å². The summed E-state index contributed by atoms with van der Waals surface area (Å²) in [5.74, 6) is -4.34. The lowest BCUT2D eigenvalue weighted by atomic mass is 9.72. The molecule has 0 saturated carbocycles. The minimum atomic E-state index is -5.93. The predicted molar refractivity (Wildman–Crippen MR) is 425 cm³/mol. The van der Waals surface area contributed by atoms with Crippen molar-refractivity contribution in [1.29, 1.82) is 0 Å². The summed E-state index contributed by atoms with van der Waals surface area (Å²) in [6.07, 6.45) is -23.3. The molecule has 0 aromatic heterocycles. The van der Waals surface area contributed by atoms with Crippen LogP contribution in [0.15, 0.2) is 243 Å². The highest BCUT2D eigenvalue weighted by atomic mass is 19.4. The molecule has 12 aromatic carbocycles. The first-order chi connectivity index (χ1) is 59.4. The molecule has 18 rings (SSSR count). The van der Waals surface area contributed by atoms with Crippen LogP contribution in [0.3, 0.4) is 0 Å². The van der Waals surface area contributed by atoms with E-state index in [1.807, 2.05) is 36.4 Å². The molecule has 0 spiro atoms. The quantitative estimate of drug-likeness (QED) is 0.109. The van der Waals surface area contributed by atoms with Crippen LogP contribution in [0.1, 0.15) is 80.6 Å². The van der Waals surface area contributed by atoms with Gasteiger partial charge >= 0.3 is 24.7 Å². The third kappa shape index (κ3) is 16.4. The first-order valence-electron chi connectivity index (χ1n) is 38.7. The number of para-hydroxylation sites is 2.